The van der Waals surface area contributed by atoms with E-state index in [4.69, 9.17) is 11.6 Å². The Morgan fingerprint density at radius 3 is 2.70 bits per heavy atom. The lowest BCUT2D eigenvalue weighted by Crippen LogP contribution is -2.48. The summed E-state index contributed by atoms with van der Waals surface area (Å²) < 4.78 is 27.2. The number of nitrogens with zero attached hydrogens (tertiary/aromatic N) is 1. The lowest BCUT2D eigenvalue weighted by molar-refractivity contribution is -0.127. The van der Waals surface area contributed by atoms with Gasteiger partial charge in [0.05, 0.1) is 11.7 Å². The van der Waals surface area contributed by atoms with Crippen molar-refractivity contribution in [3.63, 3.8) is 0 Å². The molecule has 7 heteroatoms. The fourth-order valence-corrected chi connectivity index (χ4v) is 6.96. The maximum Gasteiger partial charge on any atom is 0.224 e. The van der Waals surface area contributed by atoms with E-state index in [1.54, 1.807) is 24.3 Å². The van der Waals surface area contributed by atoms with Gasteiger partial charge in [0.15, 0.2) is 0 Å². The molecule has 1 heterocycles. The fraction of sp³-hybridized carbons (Fsp3) is 0.650. The third kappa shape index (κ3) is 4.17. The molecular formula is C20H27ClN2O3S. The normalized spacial score (nSPS) is 31.1. The van der Waals surface area contributed by atoms with Crippen molar-refractivity contribution in [2.24, 2.45) is 17.8 Å². The number of rotatable bonds is 5. The average molecular weight is 411 g/mol. The molecule has 148 valence electrons. The second-order valence-electron chi connectivity index (χ2n) is 8.33. The molecule has 0 radical (unpaired) electrons. The molecule has 1 aliphatic heterocycles. The van der Waals surface area contributed by atoms with Crippen LogP contribution in [-0.4, -0.2) is 37.8 Å². The van der Waals surface area contributed by atoms with E-state index in [1.165, 1.54) is 23.6 Å². The zero-order valence-electron chi connectivity index (χ0n) is 15.4. The molecule has 1 amide bonds. The number of nitrogens with one attached hydrogen (secondary N) is 1. The number of piperidine rings is 1. The minimum atomic E-state index is -3.49. The number of carbonyl (C=O) groups is 1. The molecule has 3 fully saturated rings. The third-order valence-electron chi connectivity index (χ3n) is 6.51. The van der Waals surface area contributed by atoms with Gasteiger partial charge in [0.2, 0.25) is 15.9 Å². The van der Waals surface area contributed by atoms with E-state index in [9.17, 15) is 13.2 Å². The molecule has 2 aliphatic carbocycles. The summed E-state index contributed by atoms with van der Waals surface area (Å²) in [5.41, 5.74) is 0.604. The summed E-state index contributed by atoms with van der Waals surface area (Å²) in [6.07, 6.45) is 6.33. The van der Waals surface area contributed by atoms with Crippen LogP contribution in [0.2, 0.25) is 5.02 Å². The van der Waals surface area contributed by atoms with Gasteiger partial charge in [0, 0.05) is 24.2 Å². The highest BCUT2D eigenvalue weighted by atomic mass is 35.5. The first-order valence-electron chi connectivity index (χ1n) is 9.94. The van der Waals surface area contributed by atoms with E-state index in [0.29, 0.717) is 29.1 Å². The number of carbonyl (C=O) groups excluding carboxylic acids is 1. The monoisotopic (exact) mass is 410 g/mol. The number of halogens is 1. The van der Waals surface area contributed by atoms with Gasteiger partial charge < -0.3 is 5.32 Å². The first-order chi connectivity index (χ1) is 12.9. The van der Waals surface area contributed by atoms with Crippen LogP contribution in [0, 0.1) is 17.8 Å². The number of fused-ring (bicyclic) bond motifs is 2. The summed E-state index contributed by atoms with van der Waals surface area (Å²) in [4.78, 5) is 12.8. The van der Waals surface area contributed by atoms with E-state index in [2.05, 4.69) is 5.32 Å². The van der Waals surface area contributed by atoms with Gasteiger partial charge in [-0.2, -0.15) is 0 Å². The summed E-state index contributed by atoms with van der Waals surface area (Å²) in [7, 11) is -3.49. The molecule has 27 heavy (non-hydrogen) atoms. The van der Waals surface area contributed by atoms with Crippen LogP contribution in [0.15, 0.2) is 24.3 Å². The molecule has 1 aromatic rings. The van der Waals surface area contributed by atoms with Crippen LogP contribution >= 0.6 is 11.6 Å². The van der Waals surface area contributed by atoms with Crippen molar-refractivity contribution in [3.8, 4) is 0 Å². The molecule has 5 nitrogen and oxygen atoms in total. The maximum atomic E-state index is 12.9. The Balaban J connectivity index is 1.38. The highest BCUT2D eigenvalue weighted by Gasteiger charge is 2.41. The van der Waals surface area contributed by atoms with E-state index in [0.717, 1.165) is 25.2 Å². The van der Waals surface area contributed by atoms with Crippen molar-refractivity contribution in [1.29, 1.82) is 0 Å². The predicted octanol–water partition coefficient (Wildman–Crippen LogP) is 3.19. The van der Waals surface area contributed by atoms with Gasteiger partial charge in [-0.25, -0.2) is 12.7 Å². The molecule has 0 aromatic heterocycles. The number of benzene rings is 1. The quantitative estimate of drug-likeness (QED) is 0.810. The Labute approximate surface area is 166 Å². The van der Waals surface area contributed by atoms with Crippen LogP contribution < -0.4 is 5.32 Å². The minimum Gasteiger partial charge on any atom is -0.353 e. The van der Waals surface area contributed by atoms with Gasteiger partial charge in [-0.3, -0.25) is 4.79 Å². The van der Waals surface area contributed by atoms with Crippen LogP contribution in [0.3, 0.4) is 0 Å². The first kappa shape index (κ1) is 19.2. The molecule has 1 N–H and O–H groups in total. The Morgan fingerprint density at radius 1 is 1.19 bits per heavy atom. The zero-order valence-corrected chi connectivity index (χ0v) is 17.0. The van der Waals surface area contributed by atoms with Gasteiger partial charge in [-0.05, 0) is 55.6 Å². The van der Waals surface area contributed by atoms with Crippen LogP contribution in [0.25, 0.3) is 0 Å². The predicted molar refractivity (Wildman–Crippen MR) is 106 cm³/mol. The van der Waals surface area contributed by atoms with Crippen LogP contribution in [0.1, 0.15) is 44.1 Å². The van der Waals surface area contributed by atoms with Crippen molar-refractivity contribution in [2.45, 2.75) is 50.3 Å². The number of amides is 1. The number of sulfonamides is 1. The molecule has 4 atom stereocenters. The molecule has 1 aromatic carbocycles. The van der Waals surface area contributed by atoms with Crippen molar-refractivity contribution < 1.29 is 13.2 Å². The Bertz CT molecular complexity index is 813. The molecule has 0 spiro atoms. The lowest BCUT2D eigenvalue weighted by Gasteiger charge is -2.33. The Kier molecular flexibility index (Phi) is 5.50. The summed E-state index contributed by atoms with van der Waals surface area (Å²) >= 11 is 6.13. The standard InChI is InChI=1S/C20H27ClN2O3S/c21-18-6-2-1-4-17(18)13-27(25,26)23-9-3-5-16(12-23)20(24)22-19-11-14-7-8-15(19)10-14/h1-2,4,6,14-16,19H,3,5,7-13H2,(H,22,24)/t14-,15-,16+,19-/m0/s1. The third-order valence-corrected chi connectivity index (χ3v) is 8.67. The van der Waals surface area contributed by atoms with E-state index in [1.807, 2.05) is 0 Å². The van der Waals surface area contributed by atoms with E-state index < -0.39 is 10.0 Å². The second kappa shape index (κ2) is 7.72. The maximum absolute atomic E-state index is 12.9. The van der Waals surface area contributed by atoms with Crippen molar-refractivity contribution in [3.05, 3.63) is 34.9 Å². The van der Waals surface area contributed by atoms with Crippen LogP contribution in [0.4, 0.5) is 0 Å². The summed E-state index contributed by atoms with van der Waals surface area (Å²) in [5, 5.41) is 3.69. The van der Waals surface area contributed by atoms with Gasteiger partial charge in [0.25, 0.3) is 0 Å². The molecule has 0 unspecified atom stereocenters. The lowest BCUT2D eigenvalue weighted by atomic mass is 9.93. The SMILES string of the molecule is O=C(N[C@H]1C[C@H]2CC[C@H]1C2)[C@@H]1CCCN(S(=O)(=O)Cc2ccccc2Cl)C1. The number of hydrogen-bond donors (Lipinski definition) is 1. The molecule has 4 rings (SSSR count). The minimum absolute atomic E-state index is 0.0326. The highest BCUT2D eigenvalue weighted by molar-refractivity contribution is 7.88. The molecular weight excluding hydrogens is 384 g/mol. The van der Waals surface area contributed by atoms with Crippen molar-refractivity contribution >= 4 is 27.5 Å². The molecule has 2 saturated carbocycles. The van der Waals surface area contributed by atoms with Gasteiger partial charge in [-0.15, -0.1) is 0 Å². The zero-order chi connectivity index (χ0) is 19.0. The second-order valence-corrected chi connectivity index (χ2v) is 10.7. The van der Waals surface area contributed by atoms with Crippen molar-refractivity contribution in [1.82, 2.24) is 9.62 Å². The number of hydrogen-bond acceptors (Lipinski definition) is 3. The summed E-state index contributed by atoms with van der Waals surface area (Å²) in [6, 6.07) is 7.32. The van der Waals surface area contributed by atoms with E-state index in [-0.39, 0.29) is 24.1 Å². The summed E-state index contributed by atoms with van der Waals surface area (Å²) in [6.45, 7) is 0.754. The van der Waals surface area contributed by atoms with Crippen LogP contribution in [-0.2, 0) is 20.6 Å². The average Bonchev–Trinajstić information content (AvgIpc) is 3.27. The molecule has 1 saturated heterocycles. The van der Waals surface area contributed by atoms with Crippen molar-refractivity contribution in [2.75, 3.05) is 13.1 Å². The Hall–Kier alpha value is -1.11. The van der Waals surface area contributed by atoms with E-state index >= 15 is 0 Å². The highest BCUT2D eigenvalue weighted by Crippen LogP contribution is 2.44. The van der Waals surface area contributed by atoms with Gasteiger partial charge >= 0.3 is 0 Å². The van der Waals surface area contributed by atoms with Crippen LogP contribution in [0.5, 0.6) is 0 Å². The van der Waals surface area contributed by atoms with Gasteiger partial charge in [-0.1, -0.05) is 36.2 Å². The smallest absolute Gasteiger partial charge is 0.224 e. The first-order valence-corrected chi connectivity index (χ1v) is 11.9. The molecule has 2 bridgehead atoms. The largest absolute Gasteiger partial charge is 0.353 e. The Morgan fingerprint density at radius 2 is 2.00 bits per heavy atom. The van der Waals surface area contributed by atoms with Gasteiger partial charge in [0.1, 0.15) is 0 Å². The fourth-order valence-electron chi connectivity index (χ4n) is 5.03. The summed E-state index contributed by atoms with van der Waals surface area (Å²) in [5.74, 6) is 1.07. The topological polar surface area (TPSA) is 66.5 Å². The molecule has 3 aliphatic rings.